The van der Waals surface area contributed by atoms with Gasteiger partial charge in [0.1, 0.15) is 18.3 Å². The molecule has 1 aliphatic rings. The van der Waals surface area contributed by atoms with Gasteiger partial charge in [0.25, 0.3) is 0 Å². The predicted molar refractivity (Wildman–Crippen MR) is 89.7 cm³/mol. The minimum atomic E-state index is -1.72. The zero-order valence-corrected chi connectivity index (χ0v) is 15.0. The highest BCUT2D eigenvalue weighted by Gasteiger charge is 2.48. The molecule has 0 bridgehead atoms. The molecule has 2 heterocycles. The first-order valence-corrected chi connectivity index (χ1v) is 9.08. The molecule has 0 radical (unpaired) electrons. The smallest absolute Gasteiger partial charge is 0.335 e. The van der Waals surface area contributed by atoms with Gasteiger partial charge in [0, 0.05) is 11.0 Å². The lowest BCUT2D eigenvalue weighted by Crippen LogP contribution is -2.57. The van der Waals surface area contributed by atoms with Gasteiger partial charge in [0.15, 0.2) is 12.3 Å². The number of carboxylic acid groups (broad SMARTS) is 1. The molecule has 0 aliphatic carbocycles. The highest BCUT2D eigenvalue weighted by atomic mass is 127. The number of halogens is 1. The van der Waals surface area contributed by atoms with Crippen LogP contribution in [0, 0.1) is 0 Å². The maximum Gasteiger partial charge on any atom is 0.335 e. The van der Waals surface area contributed by atoms with Crippen LogP contribution in [0.25, 0.3) is 0 Å². The molecule has 0 spiro atoms. The standard InChI is InChI=1S/C13H21IN4O6/c14-3-5-15-4-1-2-7-6-18(17-16-7)12-10(21)8(19)9(20)11(24-12)13(22)23/h6,8-12,15,19-21H,1-5H2,(H,22,23). The number of rotatable bonds is 8. The fourth-order valence-corrected chi connectivity index (χ4v) is 2.80. The number of aliphatic carboxylic acids is 1. The van der Waals surface area contributed by atoms with Crippen LogP contribution >= 0.6 is 22.6 Å². The van der Waals surface area contributed by atoms with Gasteiger partial charge in [-0.3, -0.25) is 0 Å². The first-order valence-electron chi connectivity index (χ1n) is 7.55. The van der Waals surface area contributed by atoms with Gasteiger partial charge in [-0.1, -0.05) is 27.8 Å². The van der Waals surface area contributed by atoms with Crippen molar-refractivity contribution >= 4 is 28.6 Å². The van der Waals surface area contributed by atoms with Crippen LogP contribution in [-0.2, 0) is 16.0 Å². The molecule has 5 N–H and O–H groups in total. The van der Waals surface area contributed by atoms with E-state index in [4.69, 9.17) is 9.84 Å². The van der Waals surface area contributed by atoms with Crippen molar-refractivity contribution in [1.82, 2.24) is 20.3 Å². The zero-order valence-electron chi connectivity index (χ0n) is 12.8. The van der Waals surface area contributed by atoms with Gasteiger partial charge in [0.05, 0.1) is 11.9 Å². The third kappa shape index (κ3) is 4.61. The summed E-state index contributed by atoms with van der Waals surface area (Å²) in [6.45, 7) is 1.77. The van der Waals surface area contributed by atoms with Crippen molar-refractivity contribution in [2.45, 2.75) is 43.5 Å². The van der Waals surface area contributed by atoms with E-state index in [9.17, 15) is 20.1 Å². The van der Waals surface area contributed by atoms with E-state index < -0.39 is 36.6 Å². The van der Waals surface area contributed by atoms with Crippen molar-refractivity contribution in [3.63, 3.8) is 0 Å². The van der Waals surface area contributed by atoms with Crippen LogP contribution in [-0.4, -0.2) is 83.3 Å². The number of aryl methyl sites for hydroxylation is 1. The predicted octanol–water partition coefficient (Wildman–Crippen LogP) is -1.70. The van der Waals surface area contributed by atoms with Crippen LogP contribution in [0.2, 0.25) is 0 Å². The second-order valence-corrected chi connectivity index (χ2v) is 6.57. The topological polar surface area (TPSA) is 150 Å². The highest BCUT2D eigenvalue weighted by Crippen LogP contribution is 2.28. The van der Waals surface area contributed by atoms with Gasteiger partial charge in [-0.25, -0.2) is 9.48 Å². The van der Waals surface area contributed by atoms with Gasteiger partial charge < -0.3 is 30.5 Å². The van der Waals surface area contributed by atoms with E-state index >= 15 is 0 Å². The SMILES string of the molecule is O=C(O)C1OC(n2cc(CCCNCCI)nn2)C(O)C(O)C1O. The lowest BCUT2D eigenvalue weighted by Gasteiger charge is -2.38. The normalized spacial score (nSPS) is 30.4. The first-order chi connectivity index (χ1) is 11.5. The number of alkyl halides is 1. The average Bonchev–Trinajstić information content (AvgIpc) is 3.01. The Morgan fingerprint density at radius 1 is 1.29 bits per heavy atom. The van der Waals surface area contributed by atoms with Crippen molar-refractivity contribution in [3.8, 4) is 0 Å². The van der Waals surface area contributed by atoms with Gasteiger partial charge >= 0.3 is 5.97 Å². The Bertz CT molecular complexity index is 544. The Hall–Kier alpha value is -0.860. The second-order valence-electron chi connectivity index (χ2n) is 5.49. The Morgan fingerprint density at radius 2 is 2.04 bits per heavy atom. The molecule has 24 heavy (non-hydrogen) atoms. The molecule has 0 saturated carbocycles. The summed E-state index contributed by atoms with van der Waals surface area (Å²) in [5, 5.41) is 49.6. The van der Waals surface area contributed by atoms with Crippen LogP contribution in [0.5, 0.6) is 0 Å². The molecular weight excluding hydrogens is 435 g/mol. The summed E-state index contributed by atoms with van der Waals surface area (Å²) in [5.41, 5.74) is 0.662. The van der Waals surface area contributed by atoms with E-state index in [1.54, 1.807) is 0 Å². The minimum Gasteiger partial charge on any atom is -0.479 e. The van der Waals surface area contributed by atoms with E-state index in [0.717, 1.165) is 23.9 Å². The molecule has 1 saturated heterocycles. The number of aliphatic hydroxyl groups excluding tert-OH is 3. The van der Waals surface area contributed by atoms with Gasteiger partial charge in [-0.2, -0.15) is 0 Å². The molecular formula is C13H21IN4O6. The zero-order chi connectivity index (χ0) is 17.7. The molecule has 10 nitrogen and oxygen atoms in total. The number of nitrogens with one attached hydrogen (secondary N) is 1. The van der Waals surface area contributed by atoms with Crippen molar-refractivity contribution in [1.29, 1.82) is 0 Å². The molecule has 0 aromatic carbocycles. The lowest BCUT2D eigenvalue weighted by molar-refractivity contribution is -0.249. The van der Waals surface area contributed by atoms with Crippen LogP contribution < -0.4 is 5.32 Å². The molecule has 2 rings (SSSR count). The number of aromatic nitrogens is 3. The minimum absolute atomic E-state index is 0.657. The number of aliphatic hydroxyl groups is 3. The van der Waals surface area contributed by atoms with Gasteiger partial charge in [-0.05, 0) is 19.4 Å². The molecule has 1 aliphatic heterocycles. The second kappa shape index (κ2) is 9.01. The third-order valence-corrected chi connectivity index (χ3v) is 4.25. The van der Waals surface area contributed by atoms with Crippen LogP contribution in [0.3, 0.4) is 0 Å². The lowest BCUT2D eigenvalue weighted by atomic mass is 9.98. The summed E-state index contributed by atoms with van der Waals surface area (Å²) >= 11 is 2.28. The van der Waals surface area contributed by atoms with Gasteiger partial charge in [0.2, 0.25) is 0 Å². The Balaban J connectivity index is 1.98. The first kappa shape index (κ1) is 19.5. The number of hydrogen-bond donors (Lipinski definition) is 5. The summed E-state index contributed by atoms with van der Waals surface area (Å²) in [6, 6.07) is 0. The third-order valence-electron chi connectivity index (χ3n) is 3.71. The maximum atomic E-state index is 11.1. The molecule has 1 aromatic rings. The van der Waals surface area contributed by atoms with Crippen molar-refractivity contribution < 1.29 is 30.0 Å². The van der Waals surface area contributed by atoms with Crippen molar-refractivity contribution in [3.05, 3.63) is 11.9 Å². The van der Waals surface area contributed by atoms with Crippen molar-refractivity contribution in [2.24, 2.45) is 0 Å². The molecule has 0 amide bonds. The van der Waals surface area contributed by atoms with Crippen LogP contribution in [0.1, 0.15) is 18.3 Å². The Kier molecular flexibility index (Phi) is 7.31. The average molecular weight is 456 g/mol. The summed E-state index contributed by atoms with van der Waals surface area (Å²) in [4.78, 5) is 11.1. The van der Waals surface area contributed by atoms with E-state index in [-0.39, 0.29) is 0 Å². The largest absolute Gasteiger partial charge is 0.479 e. The van der Waals surface area contributed by atoms with E-state index in [1.807, 2.05) is 0 Å². The van der Waals surface area contributed by atoms with E-state index in [1.165, 1.54) is 10.9 Å². The molecule has 11 heteroatoms. The fourth-order valence-electron chi connectivity index (χ4n) is 2.42. The van der Waals surface area contributed by atoms with E-state index in [0.29, 0.717) is 12.1 Å². The summed E-state index contributed by atoms with van der Waals surface area (Å²) in [5.74, 6) is -1.43. The summed E-state index contributed by atoms with van der Waals surface area (Å²) < 4.78 is 7.39. The molecule has 1 aromatic heterocycles. The number of carbonyl (C=O) groups is 1. The Morgan fingerprint density at radius 3 is 2.71 bits per heavy atom. The van der Waals surface area contributed by atoms with Crippen molar-refractivity contribution in [2.75, 3.05) is 17.5 Å². The quantitative estimate of drug-likeness (QED) is 0.175. The van der Waals surface area contributed by atoms with E-state index in [2.05, 4.69) is 38.2 Å². The molecule has 1 fully saturated rings. The Labute approximate surface area is 151 Å². The number of hydrogen-bond acceptors (Lipinski definition) is 8. The number of carboxylic acids is 1. The number of ether oxygens (including phenoxy) is 1. The highest BCUT2D eigenvalue weighted by molar-refractivity contribution is 14.1. The molecule has 5 unspecified atom stereocenters. The van der Waals surface area contributed by atoms with Crippen LogP contribution in [0.4, 0.5) is 0 Å². The maximum absolute atomic E-state index is 11.1. The van der Waals surface area contributed by atoms with Gasteiger partial charge in [-0.15, -0.1) is 5.10 Å². The summed E-state index contributed by atoms with van der Waals surface area (Å²) in [6.07, 6.45) is -4.74. The van der Waals surface area contributed by atoms with Crippen LogP contribution in [0.15, 0.2) is 6.20 Å². The molecule has 5 atom stereocenters. The fraction of sp³-hybridized carbons (Fsp3) is 0.769. The monoisotopic (exact) mass is 456 g/mol. The number of nitrogens with zero attached hydrogens (tertiary/aromatic N) is 3. The summed E-state index contributed by atoms with van der Waals surface area (Å²) in [7, 11) is 0. The molecule has 136 valence electrons.